The van der Waals surface area contributed by atoms with Crippen molar-refractivity contribution in [3.8, 4) is 0 Å². The number of para-hydroxylation sites is 1. The number of sulfonamides is 1. The van der Waals surface area contributed by atoms with E-state index in [0.717, 1.165) is 34.1 Å². The molecule has 0 bridgehead atoms. The number of anilines is 1. The molecule has 4 nitrogen and oxygen atoms in total. The van der Waals surface area contributed by atoms with Crippen LogP contribution in [0.1, 0.15) is 28.2 Å². The number of aryl methyl sites for hydroxylation is 2. The van der Waals surface area contributed by atoms with Crippen LogP contribution in [0, 0.1) is 13.8 Å². The van der Waals surface area contributed by atoms with Gasteiger partial charge in [0.2, 0.25) is 10.0 Å². The van der Waals surface area contributed by atoms with E-state index in [4.69, 9.17) is 0 Å². The molecule has 0 amide bonds. The van der Waals surface area contributed by atoms with Crippen molar-refractivity contribution in [2.75, 3.05) is 25.0 Å². The first-order valence-electron chi connectivity index (χ1n) is 8.26. The highest BCUT2D eigenvalue weighted by molar-refractivity contribution is 7.89. The second kappa shape index (κ2) is 6.86. The number of hydrogen-bond acceptors (Lipinski definition) is 4. The topological polar surface area (TPSA) is 40.6 Å². The van der Waals surface area contributed by atoms with Crippen molar-refractivity contribution >= 4 is 27.0 Å². The first-order valence-corrected chi connectivity index (χ1v) is 10.5. The van der Waals surface area contributed by atoms with Crippen LogP contribution in [0.15, 0.2) is 35.2 Å². The predicted octanol–water partition coefficient (Wildman–Crippen LogP) is 3.79. The summed E-state index contributed by atoms with van der Waals surface area (Å²) in [7, 11) is -1.79. The molecule has 0 radical (unpaired) electrons. The van der Waals surface area contributed by atoms with E-state index in [-0.39, 0.29) is 0 Å². The van der Waals surface area contributed by atoms with Crippen LogP contribution in [0.2, 0.25) is 0 Å². The molecule has 6 heteroatoms. The monoisotopic (exact) mass is 364 g/mol. The summed E-state index contributed by atoms with van der Waals surface area (Å²) < 4.78 is 27.3. The van der Waals surface area contributed by atoms with Crippen LogP contribution >= 0.6 is 11.3 Å². The molecule has 2 heterocycles. The number of benzene rings is 1. The maximum Gasteiger partial charge on any atom is 0.244 e. The number of rotatable bonds is 5. The molecular weight excluding hydrogens is 340 g/mol. The minimum absolute atomic E-state index is 0.392. The van der Waals surface area contributed by atoms with Gasteiger partial charge in [-0.1, -0.05) is 18.2 Å². The fourth-order valence-electron chi connectivity index (χ4n) is 3.27. The molecule has 130 valence electrons. The van der Waals surface area contributed by atoms with Gasteiger partial charge in [0.05, 0.1) is 4.90 Å². The fourth-order valence-corrected chi connectivity index (χ4v) is 5.94. The number of nitrogens with zero attached hydrogens (tertiary/aromatic N) is 2. The van der Waals surface area contributed by atoms with Gasteiger partial charge in [-0.3, -0.25) is 0 Å². The van der Waals surface area contributed by atoms with Crippen molar-refractivity contribution in [3.63, 3.8) is 0 Å². The summed E-state index contributed by atoms with van der Waals surface area (Å²) in [4.78, 5) is 4.67. The third kappa shape index (κ3) is 3.36. The van der Waals surface area contributed by atoms with Crippen LogP contribution in [0.25, 0.3) is 0 Å². The summed E-state index contributed by atoms with van der Waals surface area (Å²) in [6.45, 7) is 6.31. The molecule has 0 saturated carbocycles. The second-order valence-electron chi connectivity index (χ2n) is 6.36. The van der Waals surface area contributed by atoms with Crippen molar-refractivity contribution in [1.29, 1.82) is 0 Å². The minimum atomic E-state index is -3.46. The smallest absolute Gasteiger partial charge is 0.244 e. The van der Waals surface area contributed by atoms with Crippen molar-refractivity contribution in [1.82, 2.24) is 4.31 Å². The molecule has 0 aliphatic carbocycles. The van der Waals surface area contributed by atoms with Gasteiger partial charge in [-0.15, -0.1) is 11.3 Å². The third-order valence-electron chi connectivity index (χ3n) is 4.52. The predicted molar refractivity (Wildman–Crippen MR) is 100 cm³/mol. The maximum absolute atomic E-state index is 12.9. The van der Waals surface area contributed by atoms with E-state index in [1.54, 1.807) is 13.1 Å². The Kier molecular flexibility index (Phi) is 4.99. The van der Waals surface area contributed by atoms with E-state index in [2.05, 4.69) is 11.0 Å². The van der Waals surface area contributed by atoms with E-state index >= 15 is 0 Å². The summed E-state index contributed by atoms with van der Waals surface area (Å²) in [6, 6.07) is 9.91. The molecule has 1 fully saturated rings. The summed E-state index contributed by atoms with van der Waals surface area (Å²) in [5, 5.41) is 0. The molecule has 1 saturated heterocycles. The normalized spacial score (nSPS) is 15.4. The first kappa shape index (κ1) is 17.5. The van der Waals surface area contributed by atoms with Crippen LogP contribution in [-0.4, -0.2) is 32.9 Å². The molecule has 24 heavy (non-hydrogen) atoms. The van der Waals surface area contributed by atoms with E-state index in [9.17, 15) is 8.42 Å². The zero-order chi connectivity index (χ0) is 17.3. The molecule has 0 atom stereocenters. The lowest BCUT2D eigenvalue weighted by Crippen LogP contribution is -2.28. The van der Waals surface area contributed by atoms with Gasteiger partial charge in [0.25, 0.3) is 0 Å². The second-order valence-corrected chi connectivity index (χ2v) is 9.84. The van der Waals surface area contributed by atoms with E-state index in [1.807, 2.05) is 32.0 Å². The Morgan fingerprint density at radius 2 is 1.83 bits per heavy atom. The average molecular weight is 365 g/mol. The molecule has 0 N–H and O–H groups in total. The molecule has 1 aliphatic rings. The van der Waals surface area contributed by atoms with Gasteiger partial charge >= 0.3 is 0 Å². The zero-order valence-corrected chi connectivity index (χ0v) is 16.1. The SMILES string of the molecule is Cc1cc(S(=O)(=O)N(C)Cc2ccccc2N2CCCC2)c(C)s1. The van der Waals surface area contributed by atoms with Gasteiger partial charge in [-0.2, -0.15) is 4.31 Å². The Balaban J connectivity index is 1.87. The van der Waals surface area contributed by atoms with Gasteiger partial charge < -0.3 is 4.90 Å². The quantitative estimate of drug-likeness (QED) is 0.810. The lowest BCUT2D eigenvalue weighted by Gasteiger charge is -2.24. The first-order chi connectivity index (χ1) is 11.4. The summed E-state index contributed by atoms with van der Waals surface area (Å²) in [5.74, 6) is 0. The standard InChI is InChI=1S/C18H24N2O2S2/c1-14-12-18(15(2)23-14)24(21,22)19(3)13-16-8-4-5-9-17(16)20-10-6-7-11-20/h4-5,8-9,12H,6-7,10-11,13H2,1-3H3. The Bertz CT molecular complexity index is 821. The number of hydrogen-bond donors (Lipinski definition) is 0. The van der Waals surface area contributed by atoms with Crippen molar-refractivity contribution in [3.05, 3.63) is 45.6 Å². The van der Waals surface area contributed by atoms with Crippen LogP contribution < -0.4 is 4.90 Å². The van der Waals surface area contributed by atoms with E-state index < -0.39 is 10.0 Å². The van der Waals surface area contributed by atoms with Gasteiger partial charge in [0, 0.05) is 42.1 Å². The molecule has 1 aromatic heterocycles. The Morgan fingerprint density at radius 3 is 2.46 bits per heavy atom. The van der Waals surface area contributed by atoms with Crippen LogP contribution in [0.5, 0.6) is 0 Å². The van der Waals surface area contributed by atoms with Gasteiger partial charge in [-0.05, 0) is 44.4 Å². The molecule has 1 aromatic carbocycles. The summed E-state index contributed by atoms with van der Waals surface area (Å²) >= 11 is 1.53. The molecule has 3 rings (SSSR count). The Labute approximate surface area is 148 Å². The molecule has 0 spiro atoms. The van der Waals surface area contributed by atoms with Crippen molar-refractivity contribution in [2.45, 2.75) is 38.1 Å². The van der Waals surface area contributed by atoms with Gasteiger partial charge in [0.1, 0.15) is 0 Å². The van der Waals surface area contributed by atoms with E-state index in [0.29, 0.717) is 11.4 Å². The summed E-state index contributed by atoms with van der Waals surface area (Å²) in [5.41, 5.74) is 2.23. The van der Waals surface area contributed by atoms with Crippen LogP contribution in [0.3, 0.4) is 0 Å². The lowest BCUT2D eigenvalue weighted by atomic mass is 10.1. The minimum Gasteiger partial charge on any atom is -0.371 e. The van der Waals surface area contributed by atoms with Gasteiger partial charge in [0.15, 0.2) is 0 Å². The van der Waals surface area contributed by atoms with Crippen LogP contribution in [0.4, 0.5) is 5.69 Å². The molecular formula is C18H24N2O2S2. The Morgan fingerprint density at radius 1 is 1.17 bits per heavy atom. The van der Waals surface area contributed by atoms with E-state index in [1.165, 1.54) is 28.5 Å². The zero-order valence-electron chi connectivity index (χ0n) is 14.4. The highest BCUT2D eigenvalue weighted by atomic mass is 32.2. The largest absolute Gasteiger partial charge is 0.371 e. The highest BCUT2D eigenvalue weighted by Crippen LogP contribution is 2.30. The third-order valence-corrected chi connectivity index (χ3v) is 7.54. The molecule has 0 unspecified atom stereocenters. The van der Waals surface area contributed by atoms with Crippen molar-refractivity contribution in [2.24, 2.45) is 0 Å². The summed E-state index contributed by atoms with van der Waals surface area (Å²) in [6.07, 6.45) is 2.41. The molecule has 2 aromatic rings. The van der Waals surface area contributed by atoms with Crippen molar-refractivity contribution < 1.29 is 8.42 Å². The van der Waals surface area contributed by atoms with Gasteiger partial charge in [-0.25, -0.2) is 8.42 Å². The lowest BCUT2D eigenvalue weighted by molar-refractivity contribution is 0.466. The fraction of sp³-hybridized carbons (Fsp3) is 0.444. The number of thiophene rings is 1. The maximum atomic E-state index is 12.9. The molecule has 1 aliphatic heterocycles. The van der Waals surface area contributed by atoms with Crippen LogP contribution in [-0.2, 0) is 16.6 Å². The Hall–Kier alpha value is -1.37. The average Bonchev–Trinajstić information content (AvgIpc) is 3.17. The highest BCUT2D eigenvalue weighted by Gasteiger charge is 2.26.